The zero-order valence-electron chi connectivity index (χ0n) is 13.5. The summed E-state index contributed by atoms with van der Waals surface area (Å²) in [6, 6.07) is 3.49. The van der Waals surface area contributed by atoms with Gasteiger partial charge >= 0.3 is 6.18 Å². The van der Waals surface area contributed by atoms with Gasteiger partial charge in [0.1, 0.15) is 0 Å². The second kappa shape index (κ2) is 6.60. The number of halogens is 3. The van der Waals surface area contributed by atoms with Crippen molar-refractivity contribution in [3.8, 4) is 0 Å². The number of carbonyl (C=O) groups excluding carboxylic acids is 1. The molecule has 1 aliphatic heterocycles. The highest BCUT2D eigenvalue weighted by atomic mass is 32.2. The van der Waals surface area contributed by atoms with Crippen LogP contribution in [-0.2, 0) is 21.0 Å². The van der Waals surface area contributed by atoms with Gasteiger partial charge in [0.2, 0.25) is 15.9 Å². The molecule has 1 aromatic rings. The van der Waals surface area contributed by atoms with E-state index in [-0.39, 0.29) is 29.8 Å². The predicted molar refractivity (Wildman–Crippen MR) is 84.1 cm³/mol. The summed E-state index contributed by atoms with van der Waals surface area (Å²) in [6.45, 7) is 0.939. The first-order valence-electron chi connectivity index (χ1n) is 8.16. The second-order valence-corrected chi connectivity index (χ2v) is 8.32. The van der Waals surface area contributed by atoms with Crippen molar-refractivity contribution in [3.63, 3.8) is 0 Å². The van der Waals surface area contributed by atoms with Gasteiger partial charge in [0.15, 0.2) is 0 Å². The number of alkyl halides is 3. The number of amides is 1. The Hall–Kier alpha value is -1.61. The van der Waals surface area contributed by atoms with Crippen LogP contribution in [0.3, 0.4) is 0 Å². The van der Waals surface area contributed by atoms with Gasteiger partial charge in [-0.15, -0.1) is 0 Å². The summed E-state index contributed by atoms with van der Waals surface area (Å²) in [4.78, 5) is 13.7. The third-order valence-electron chi connectivity index (χ3n) is 4.82. The van der Waals surface area contributed by atoms with Gasteiger partial charge in [0, 0.05) is 32.1 Å². The van der Waals surface area contributed by atoms with E-state index in [0.717, 1.165) is 43.5 Å². The first-order valence-corrected chi connectivity index (χ1v) is 9.60. The fraction of sp³-hybridized carbons (Fsp3) is 0.562. The fourth-order valence-corrected chi connectivity index (χ4v) is 4.45. The zero-order chi connectivity index (χ0) is 18.2. The van der Waals surface area contributed by atoms with Gasteiger partial charge in [0.05, 0.1) is 10.5 Å². The standard InChI is InChI=1S/C16H19F3N2O3S/c17-16(18,19)13-4-6-14(7-5-13)25(23,24)21-10-8-20(9-11-21)15(22)12-2-1-3-12/h4-7,12H,1-3,8-11H2. The molecular weight excluding hydrogens is 357 g/mol. The van der Waals surface area contributed by atoms with Crippen LogP contribution in [-0.4, -0.2) is 49.7 Å². The molecule has 3 rings (SSSR count). The Morgan fingerprint density at radius 3 is 2.00 bits per heavy atom. The maximum atomic E-state index is 12.6. The Morgan fingerprint density at radius 2 is 1.56 bits per heavy atom. The minimum atomic E-state index is -4.50. The predicted octanol–water partition coefficient (Wildman–Crippen LogP) is 2.34. The lowest BCUT2D eigenvalue weighted by Crippen LogP contribution is -2.52. The van der Waals surface area contributed by atoms with Gasteiger partial charge in [0.25, 0.3) is 0 Å². The third-order valence-corrected chi connectivity index (χ3v) is 6.74. The van der Waals surface area contributed by atoms with Crippen molar-refractivity contribution in [1.29, 1.82) is 0 Å². The van der Waals surface area contributed by atoms with Crippen LogP contribution >= 0.6 is 0 Å². The van der Waals surface area contributed by atoms with Crippen molar-refractivity contribution in [2.24, 2.45) is 5.92 Å². The average molecular weight is 376 g/mol. The first kappa shape index (κ1) is 18.2. The summed E-state index contributed by atoms with van der Waals surface area (Å²) in [5.41, 5.74) is -0.887. The smallest absolute Gasteiger partial charge is 0.340 e. The second-order valence-electron chi connectivity index (χ2n) is 6.38. The molecule has 9 heteroatoms. The summed E-state index contributed by atoms with van der Waals surface area (Å²) in [7, 11) is -3.86. The number of sulfonamides is 1. The molecule has 5 nitrogen and oxygen atoms in total. The van der Waals surface area contributed by atoms with E-state index in [4.69, 9.17) is 0 Å². The van der Waals surface area contributed by atoms with Crippen molar-refractivity contribution in [2.75, 3.05) is 26.2 Å². The van der Waals surface area contributed by atoms with Crippen LogP contribution in [0.2, 0.25) is 0 Å². The normalized spacial score (nSPS) is 20.4. The van der Waals surface area contributed by atoms with E-state index < -0.39 is 21.8 Å². The van der Waals surface area contributed by atoms with Crippen molar-refractivity contribution < 1.29 is 26.4 Å². The van der Waals surface area contributed by atoms with Crippen LogP contribution in [0.15, 0.2) is 29.2 Å². The molecule has 1 aromatic carbocycles. The highest BCUT2D eigenvalue weighted by molar-refractivity contribution is 7.89. The Labute approximate surface area is 144 Å². The van der Waals surface area contributed by atoms with E-state index in [1.165, 1.54) is 4.31 Å². The molecular formula is C16H19F3N2O3S. The van der Waals surface area contributed by atoms with E-state index in [0.29, 0.717) is 13.1 Å². The monoisotopic (exact) mass is 376 g/mol. The minimum absolute atomic E-state index is 0.0677. The highest BCUT2D eigenvalue weighted by Gasteiger charge is 2.35. The highest BCUT2D eigenvalue weighted by Crippen LogP contribution is 2.31. The van der Waals surface area contributed by atoms with Crippen molar-refractivity contribution in [3.05, 3.63) is 29.8 Å². The SMILES string of the molecule is O=C(C1CCC1)N1CCN(S(=O)(=O)c2ccc(C(F)(F)F)cc2)CC1. The summed E-state index contributed by atoms with van der Waals surface area (Å²) in [5.74, 6) is 0.149. The van der Waals surface area contributed by atoms with Gasteiger partial charge in [-0.1, -0.05) is 6.42 Å². The van der Waals surface area contributed by atoms with Gasteiger partial charge < -0.3 is 4.90 Å². The molecule has 0 radical (unpaired) electrons. The Balaban J connectivity index is 1.66. The molecule has 1 aliphatic carbocycles. The van der Waals surface area contributed by atoms with E-state index in [2.05, 4.69) is 0 Å². The molecule has 1 heterocycles. The maximum Gasteiger partial charge on any atom is 0.416 e. The van der Waals surface area contributed by atoms with Gasteiger partial charge in [-0.2, -0.15) is 17.5 Å². The molecule has 2 fully saturated rings. The summed E-state index contributed by atoms with van der Waals surface area (Å²) >= 11 is 0. The number of rotatable bonds is 3. The molecule has 1 saturated heterocycles. The average Bonchev–Trinajstić information content (AvgIpc) is 2.52. The number of carbonyl (C=O) groups is 1. The van der Waals surface area contributed by atoms with Crippen LogP contribution in [0.5, 0.6) is 0 Å². The zero-order valence-corrected chi connectivity index (χ0v) is 14.3. The Morgan fingerprint density at radius 1 is 1.00 bits per heavy atom. The number of piperazine rings is 1. The summed E-state index contributed by atoms with van der Waals surface area (Å²) in [6.07, 6.45) is -1.67. The largest absolute Gasteiger partial charge is 0.416 e. The van der Waals surface area contributed by atoms with E-state index in [9.17, 15) is 26.4 Å². The summed E-state index contributed by atoms with van der Waals surface area (Å²) in [5, 5.41) is 0. The Kier molecular flexibility index (Phi) is 4.80. The lowest BCUT2D eigenvalue weighted by atomic mass is 9.84. The molecule has 1 saturated carbocycles. The molecule has 2 aliphatic rings. The molecule has 0 atom stereocenters. The minimum Gasteiger partial charge on any atom is -0.340 e. The quantitative estimate of drug-likeness (QED) is 0.814. The number of nitrogens with zero attached hydrogens (tertiary/aromatic N) is 2. The molecule has 0 bridgehead atoms. The molecule has 25 heavy (non-hydrogen) atoms. The van der Waals surface area contributed by atoms with Crippen LogP contribution in [0, 0.1) is 5.92 Å². The Bertz CT molecular complexity index is 735. The molecule has 1 amide bonds. The van der Waals surface area contributed by atoms with E-state index in [1.54, 1.807) is 4.90 Å². The molecule has 0 unspecified atom stereocenters. The third kappa shape index (κ3) is 3.67. The van der Waals surface area contributed by atoms with Crippen LogP contribution < -0.4 is 0 Å². The lowest BCUT2D eigenvalue weighted by molar-refractivity contribution is -0.139. The van der Waals surface area contributed by atoms with Gasteiger partial charge in [-0.05, 0) is 37.1 Å². The van der Waals surface area contributed by atoms with E-state index >= 15 is 0 Å². The first-order chi connectivity index (χ1) is 11.7. The number of hydrogen-bond donors (Lipinski definition) is 0. The number of benzene rings is 1. The van der Waals surface area contributed by atoms with Crippen LogP contribution in [0.1, 0.15) is 24.8 Å². The topological polar surface area (TPSA) is 57.7 Å². The van der Waals surface area contributed by atoms with Crippen molar-refractivity contribution >= 4 is 15.9 Å². The van der Waals surface area contributed by atoms with E-state index in [1.807, 2.05) is 0 Å². The molecule has 0 aromatic heterocycles. The fourth-order valence-electron chi connectivity index (χ4n) is 3.03. The lowest BCUT2D eigenvalue weighted by Gasteiger charge is -2.37. The van der Waals surface area contributed by atoms with Crippen molar-refractivity contribution in [1.82, 2.24) is 9.21 Å². The molecule has 0 spiro atoms. The maximum absolute atomic E-state index is 12.6. The van der Waals surface area contributed by atoms with Crippen LogP contribution in [0.4, 0.5) is 13.2 Å². The molecule has 0 N–H and O–H groups in total. The van der Waals surface area contributed by atoms with Gasteiger partial charge in [-0.25, -0.2) is 8.42 Å². The number of hydrogen-bond acceptors (Lipinski definition) is 3. The summed E-state index contributed by atoms with van der Waals surface area (Å²) < 4.78 is 64.1. The molecule has 138 valence electrons. The van der Waals surface area contributed by atoms with Crippen molar-refractivity contribution in [2.45, 2.75) is 30.3 Å². The van der Waals surface area contributed by atoms with Gasteiger partial charge in [-0.3, -0.25) is 4.79 Å². The van der Waals surface area contributed by atoms with Crippen LogP contribution in [0.25, 0.3) is 0 Å².